The summed E-state index contributed by atoms with van der Waals surface area (Å²) in [6.07, 6.45) is 1.57. The zero-order chi connectivity index (χ0) is 14.7. The Morgan fingerprint density at radius 1 is 1.20 bits per heavy atom. The summed E-state index contributed by atoms with van der Waals surface area (Å²) in [5.41, 5.74) is 1.14. The highest BCUT2D eigenvalue weighted by Gasteiger charge is 2.12. The van der Waals surface area contributed by atoms with E-state index in [0.717, 1.165) is 8.95 Å². The molecule has 1 aromatic heterocycles. The van der Waals surface area contributed by atoms with Crippen LogP contribution in [0, 0.1) is 0 Å². The zero-order valence-electron chi connectivity index (χ0n) is 10.3. The minimum absolute atomic E-state index is 0.224. The summed E-state index contributed by atoms with van der Waals surface area (Å²) in [6, 6.07) is 6.85. The minimum atomic E-state index is -0.224. The molecule has 0 saturated heterocycles. The third-order valence-electron chi connectivity index (χ3n) is 2.48. The van der Waals surface area contributed by atoms with Gasteiger partial charge in [-0.05, 0) is 66.0 Å². The quantitative estimate of drug-likeness (QED) is 0.674. The summed E-state index contributed by atoms with van der Waals surface area (Å²) in [4.78, 5) is 16.2. The van der Waals surface area contributed by atoms with Gasteiger partial charge in [0, 0.05) is 22.3 Å². The van der Waals surface area contributed by atoms with Gasteiger partial charge >= 0.3 is 0 Å². The summed E-state index contributed by atoms with van der Waals surface area (Å²) in [6.45, 7) is 0. The van der Waals surface area contributed by atoms with Gasteiger partial charge in [0.25, 0.3) is 5.91 Å². The highest BCUT2D eigenvalue weighted by Crippen LogP contribution is 2.34. The van der Waals surface area contributed by atoms with Crippen LogP contribution >= 0.6 is 47.8 Å². The van der Waals surface area contributed by atoms with Crippen LogP contribution in [0.25, 0.3) is 0 Å². The molecule has 0 atom stereocenters. The number of pyridine rings is 1. The molecule has 0 radical (unpaired) electrons. The number of rotatable bonds is 3. The van der Waals surface area contributed by atoms with Crippen LogP contribution in [0.15, 0.2) is 44.0 Å². The lowest BCUT2D eigenvalue weighted by Gasteiger charge is -2.11. The van der Waals surface area contributed by atoms with Gasteiger partial charge in [0.1, 0.15) is 10.4 Å². The SMILES string of the molecule is COc1cc(NC(=O)c2ccnc(Br)c2)c(Br)cc1Br. The topological polar surface area (TPSA) is 51.2 Å². The number of anilines is 1. The van der Waals surface area contributed by atoms with Gasteiger partial charge in [0.05, 0.1) is 17.3 Å². The summed E-state index contributed by atoms with van der Waals surface area (Å²) in [5, 5.41) is 2.82. The molecule has 0 fully saturated rings. The van der Waals surface area contributed by atoms with Crippen molar-refractivity contribution >= 4 is 59.4 Å². The molecule has 104 valence electrons. The average Bonchev–Trinajstić information content (AvgIpc) is 2.41. The van der Waals surface area contributed by atoms with Gasteiger partial charge in [-0.2, -0.15) is 0 Å². The molecule has 0 saturated carbocycles. The average molecular weight is 465 g/mol. The van der Waals surface area contributed by atoms with Crippen LogP contribution in [0.1, 0.15) is 10.4 Å². The van der Waals surface area contributed by atoms with E-state index in [1.165, 1.54) is 0 Å². The molecule has 0 aliphatic heterocycles. The molecule has 1 aromatic carbocycles. The van der Waals surface area contributed by atoms with Gasteiger partial charge in [-0.1, -0.05) is 0 Å². The lowest BCUT2D eigenvalue weighted by Crippen LogP contribution is -2.12. The van der Waals surface area contributed by atoms with Gasteiger partial charge < -0.3 is 10.1 Å². The van der Waals surface area contributed by atoms with Crippen molar-refractivity contribution in [2.75, 3.05) is 12.4 Å². The van der Waals surface area contributed by atoms with Crippen molar-refractivity contribution in [2.24, 2.45) is 0 Å². The fourth-order valence-electron chi connectivity index (χ4n) is 1.52. The Labute approximate surface area is 141 Å². The van der Waals surface area contributed by atoms with E-state index in [2.05, 4.69) is 58.1 Å². The number of hydrogen-bond acceptors (Lipinski definition) is 3. The van der Waals surface area contributed by atoms with Crippen LogP contribution in [0.3, 0.4) is 0 Å². The van der Waals surface area contributed by atoms with Gasteiger partial charge in [-0.15, -0.1) is 0 Å². The first-order valence-corrected chi connectivity index (χ1v) is 7.85. The van der Waals surface area contributed by atoms with E-state index in [4.69, 9.17) is 4.74 Å². The maximum atomic E-state index is 12.2. The van der Waals surface area contributed by atoms with Crippen LogP contribution in [0.2, 0.25) is 0 Å². The minimum Gasteiger partial charge on any atom is -0.495 e. The largest absolute Gasteiger partial charge is 0.495 e. The molecule has 20 heavy (non-hydrogen) atoms. The number of nitrogens with one attached hydrogen (secondary N) is 1. The number of amides is 1. The number of benzene rings is 1. The predicted octanol–water partition coefficient (Wildman–Crippen LogP) is 4.63. The molecule has 4 nitrogen and oxygen atoms in total. The molecule has 1 heterocycles. The molecule has 0 spiro atoms. The molecule has 0 unspecified atom stereocenters. The third kappa shape index (κ3) is 3.59. The van der Waals surface area contributed by atoms with Crippen LogP contribution in [-0.4, -0.2) is 18.0 Å². The van der Waals surface area contributed by atoms with E-state index in [1.54, 1.807) is 31.5 Å². The van der Waals surface area contributed by atoms with Crippen molar-refractivity contribution in [3.8, 4) is 5.75 Å². The Hall–Kier alpha value is -0.920. The molecule has 7 heteroatoms. The standard InChI is InChI=1S/C13H9Br3N2O2/c1-20-11-6-10(8(14)5-9(11)15)18-13(19)7-2-3-17-12(16)4-7/h2-6H,1H3,(H,18,19). The van der Waals surface area contributed by atoms with Crippen molar-refractivity contribution < 1.29 is 9.53 Å². The smallest absolute Gasteiger partial charge is 0.255 e. The Morgan fingerprint density at radius 2 is 1.95 bits per heavy atom. The van der Waals surface area contributed by atoms with E-state index < -0.39 is 0 Å². The lowest BCUT2D eigenvalue weighted by atomic mass is 10.2. The molecule has 0 aliphatic rings. The van der Waals surface area contributed by atoms with Crippen molar-refractivity contribution in [2.45, 2.75) is 0 Å². The van der Waals surface area contributed by atoms with Crippen molar-refractivity contribution in [1.82, 2.24) is 4.98 Å². The summed E-state index contributed by atoms with van der Waals surface area (Å²) >= 11 is 10.0. The number of aromatic nitrogens is 1. The fraction of sp³-hybridized carbons (Fsp3) is 0.0769. The van der Waals surface area contributed by atoms with Gasteiger partial charge in [-0.25, -0.2) is 4.98 Å². The van der Waals surface area contributed by atoms with Crippen molar-refractivity contribution in [3.63, 3.8) is 0 Å². The molecular weight excluding hydrogens is 456 g/mol. The monoisotopic (exact) mass is 462 g/mol. The van der Waals surface area contributed by atoms with E-state index >= 15 is 0 Å². The van der Waals surface area contributed by atoms with Gasteiger partial charge in [0.2, 0.25) is 0 Å². The zero-order valence-corrected chi connectivity index (χ0v) is 15.0. The van der Waals surface area contributed by atoms with Crippen molar-refractivity contribution in [1.29, 1.82) is 0 Å². The molecule has 0 bridgehead atoms. The van der Waals surface area contributed by atoms with E-state index in [1.807, 2.05) is 6.07 Å². The third-order valence-corrected chi connectivity index (χ3v) is 4.19. The van der Waals surface area contributed by atoms with Crippen LogP contribution in [-0.2, 0) is 0 Å². The van der Waals surface area contributed by atoms with Crippen LogP contribution < -0.4 is 10.1 Å². The number of ether oxygens (including phenoxy) is 1. The second-order valence-corrected chi connectivity index (χ2v) is 6.31. The normalized spacial score (nSPS) is 10.2. The van der Waals surface area contributed by atoms with Crippen LogP contribution in [0.5, 0.6) is 5.75 Å². The Bertz CT molecular complexity index is 662. The first-order valence-electron chi connectivity index (χ1n) is 5.47. The highest BCUT2D eigenvalue weighted by atomic mass is 79.9. The second kappa shape index (κ2) is 6.69. The number of halogens is 3. The summed E-state index contributed by atoms with van der Waals surface area (Å²) in [7, 11) is 1.57. The van der Waals surface area contributed by atoms with Crippen LogP contribution in [0.4, 0.5) is 5.69 Å². The Balaban J connectivity index is 2.28. The summed E-state index contributed by atoms with van der Waals surface area (Å²) < 4.78 is 7.38. The first-order chi connectivity index (χ1) is 9.51. The summed E-state index contributed by atoms with van der Waals surface area (Å²) in [5.74, 6) is 0.414. The van der Waals surface area contributed by atoms with E-state index in [-0.39, 0.29) is 5.91 Å². The first kappa shape index (κ1) is 15.5. The molecular formula is C13H9Br3N2O2. The number of hydrogen-bond donors (Lipinski definition) is 1. The number of carbonyl (C=O) groups excluding carboxylic acids is 1. The van der Waals surface area contributed by atoms with E-state index in [9.17, 15) is 4.79 Å². The molecule has 1 amide bonds. The highest BCUT2D eigenvalue weighted by molar-refractivity contribution is 9.11. The molecule has 2 rings (SSSR count). The lowest BCUT2D eigenvalue weighted by molar-refractivity contribution is 0.102. The fourth-order valence-corrected chi connectivity index (χ4v) is 3.14. The number of nitrogens with zero attached hydrogens (tertiary/aromatic N) is 1. The maximum Gasteiger partial charge on any atom is 0.255 e. The van der Waals surface area contributed by atoms with E-state index in [0.29, 0.717) is 21.6 Å². The van der Waals surface area contributed by atoms with Gasteiger partial charge in [-0.3, -0.25) is 4.79 Å². The maximum absolute atomic E-state index is 12.2. The number of carbonyl (C=O) groups is 1. The van der Waals surface area contributed by atoms with Crippen molar-refractivity contribution in [3.05, 3.63) is 49.6 Å². The predicted molar refractivity (Wildman–Crippen MR) is 88.3 cm³/mol. The second-order valence-electron chi connectivity index (χ2n) is 3.79. The molecule has 0 aliphatic carbocycles. The Morgan fingerprint density at radius 3 is 2.60 bits per heavy atom. The molecule has 1 N–H and O–H groups in total. The Kier molecular flexibility index (Phi) is 5.17. The van der Waals surface area contributed by atoms with Gasteiger partial charge in [0.15, 0.2) is 0 Å². The number of methoxy groups -OCH3 is 1. The molecule has 2 aromatic rings.